The van der Waals surface area contributed by atoms with Crippen LogP contribution in [0.15, 0.2) is 30.3 Å². The third-order valence-corrected chi connectivity index (χ3v) is 4.46. The van der Waals surface area contributed by atoms with Crippen LogP contribution < -0.4 is 0 Å². The predicted octanol–water partition coefficient (Wildman–Crippen LogP) is 3.05. The Morgan fingerprint density at radius 3 is 2.76 bits per heavy atom. The molecule has 5 nitrogen and oxygen atoms in total. The summed E-state index contributed by atoms with van der Waals surface area (Å²) in [4.78, 5) is 13.1. The smallest absolute Gasteiger partial charge is 0.416 e. The molecule has 0 saturated carbocycles. The highest BCUT2D eigenvalue weighted by Gasteiger charge is 2.30. The van der Waals surface area contributed by atoms with Crippen LogP contribution >= 0.6 is 0 Å². The maximum atomic E-state index is 12.8. The number of carboxylic acids is 1. The summed E-state index contributed by atoms with van der Waals surface area (Å²) in [6, 6.07) is 6.96. The Morgan fingerprint density at radius 2 is 2.08 bits per heavy atom. The Balaban J connectivity index is 1.70. The van der Waals surface area contributed by atoms with Crippen molar-refractivity contribution in [3.63, 3.8) is 0 Å². The van der Waals surface area contributed by atoms with Crippen molar-refractivity contribution in [3.05, 3.63) is 52.8 Å². The zero-order valence-electron chi connectivity index (χ0n) is 13.6. The van der Waals surface area contributed by atoms with Crippen LogP contribution in [0.2, 0.25) is 0 Å². The first kappa shape index (κ1) is 17.5. The molecule has 2 aromatic rings. The van der Waals surface area contributed by atoms with Crippen molar-refractivity contribution in [3.8, 4) is 0 Å². The van der Waals surface area contributed by atoms with Crippen LogP contribution in [0.4, 0.5) is 13.2 Å². The van der Waals surface area contributed by atoms with Crippen molar-refractivity contribution in [2.24, 2.45) is 0 Å². The molecule has 1 atom stereocenters. The second-order valence-electron chi connectivity index (χ2n) is 6.27. The normalized spacial score (nSPS) is 16.5. The summed E-state index contributed by atoms with van der Waals surface area (Å²) < 4.78 is 40.2. The van der Waals surface area contributed by atoms with Gasteiger partial charge in [0.05, 0.1) is 17.8 Å². The average molecular weight is 353 g/mol. The molecule has 0 fully saturated rings. The van der Waals surface area contributed by atoms with Gasteiger partial charge in [-0.1, -0.05) is 18.2 Å². The molecule has 25 heavy (non-hydrogen) atoms. The minimum Gasteiger partial charge on any atom is -0.476 e. The molecule has 2 heterocycles. The summed E-state index contributed by atoms with van der Waals surface area (Å²) in [5.74, 6) is -1.06. The predicted molar refractivity (Wildman–Crippen MR) is 84.2 cm³/mol. The highest BCUT2D eigenvalue weighted by Crippen LogP contribution is 2.30. The minimum absolute atomic E-state index is 0.0161. The molecular weight excluding hydrogens is 335 g/mol. The van der Waals surface area contributed by atoms with E-state index in [0.29, 0.717) is 31.6 Å². The Labute approximate surface area is 142 Å². The third-order valence-electron chi connectivity index (χ3n) is 4.46. The number of nitrogens with zero attached hydrogens (tertiary/aromatic N) is 3. The van der Waals surface area contributed by atoms with Gasteiger partial charge in [-0.2, -0.15) is 18.3 Å². The van der Waals surface area contributed by atoms with E-state index < -0.39 is 17.7 Å². The molecule has 3 rings (SSSR count). The van der Waals surface area contributed by atoms with Gasteiger partial charge in [-0.25, -0.2) is 4.79 Å². The van der Waals surface area contributed by atoms with Crippen molar-refractivity contribution >= 4 is 5.97 Å². The molecular formula is C17H18F3N3O2. The first-order chi connectivity index (χ1) is 11.7. The van der Waals surface area contributed by atoms with E-state index in [9.17, 15) is 18.0 Å². The molecule has 134 valence electrons. The van der Waals surface area contributed by atoms with Crippen LogP contribution in [-0.2, 0) is 25.7 Å². The van der Waals surface area contributed by atoms with Crippen molar-refractivity contribution in [2.75, 3.05) is 6.54 Å². The SMILES string of the molecule is C[C@@H](Cc1cccc(C(F)(F)F)c1)N1CCn2nc(C(=O)O)cc2C1. The van der Waals surface area contributed by atoms with E-state index in [1.165, 1.54) is 12.1 Å². The number of aromatic carboxylic acids is 1. The number of benzene rings is 1. The van der Waals surface area contributed by atoms with E-state index in [1.54, 1.807) is 16.8 Å². The summed E-state index contributed by atoms with van der Waals surface area (Å²) in [7, 11) is 0. The number of alkyl halides is 3. The van der Waals surface area contributed by atoms with Gasteiger partial charge in [0, 0.05) is 19.1 Å². The van der Waals surface area contributed by atoms with E-state index in [1.807, 2.05) is 6.92 Å². The van der Waals surface area contributed by atoms with Gasteiger partial charge >= 0.3 is 12.1 Å². The van der Waals surface area contributed by atoms with Gasteiger partial charge < -0.3 is 5.11 Å². The summed E-state index contributed by atoms with van der Waals surface area (Å²) in [6.45, 7) is 3.73. The topological polar surface area (TPSA) is 58.4 Å². The Kier molecular flexibility index (Phi) is 4.55. The minimum atomic E-state index is -4.34. The van der Waals surface area contributed by atoms with E-state index >= 15 is 0 Å². The van der Waals surface area contributed by atoms with Gasteiger partial charge in [-0.3, -0.25) is 9.58 Å². The lowest BCUT2D eigenvalue weighted by Gasteiger charge is -2.33. The van der Waals surface area contributed by atoms with E-state index in [2.05, 4.69) is 10.00 Å². The first-order valence-electron chi connectivity index (χ1n) is 7.94. The van der Waals surface area contributed by atoms with Gasteiger partial charge in [0.1, 0.15) is 0 Å². The Bertz CT molecular complexity index is 786. The number of fused-ring (bicyclic) bond motifs is 1. The maximum Gasteiger partial charge on any atom is 0.416 e. The molecule has 1 aliphatic rings. The molecule has 1 aromatic heterocycles. The second-order valence-corrected chi connectivity index (χ2v) is 6.27. The number of carboxylic acid groups (broad SMARTS) is 1. The quantitative estimate of drug-likeness (QED) is 0.918. The molecule has 1 aliphatic heterocycles. The van der Waals surface area contributed by atoms with Crippen LogP contribution in [0.3, 0.4) is 0 Å². The van der Waals surface area contributed by atoms with Crippen LogP contribution in [-0.4, -0.2) is 38.3 Å². The van der Waals surface area contributed by atoms with Crippen LogP contribution in [0.5, 0.6) is 0 Å². The van der Waals surface area contributed by atoms with Crippen LogP contribution in [0.25, 0.3) is 0 Å². The van der Waals surface area contributed by atoms with E-state index in [4.69, 9.17) is 5.11 Å². The molecule has 8 heteroatoms. The highest BCUT2D eigenvalue weighted by molar-refractivity contribution is 5.85. The zero-order chi connectivity index (χ0) is 18.2. The summed E-state index contributed by atoms with van der Waals surface area (Å²) in [5.41, 5.74) is 0.814. The monoisotopic (exact) mass is 353 g/mol. The van der Waals surface area contributed by atoms with Gasteiger partial charge in [0.25, 0.3) is 0 Å². The van der Waals surface area contributed by atoms with Gasteiger partial charge in [-0.05, 0) is 31.0 Å². The maximum absolute atomic E-state index is 12.8. The van der Waals surface area contributed by atoms with Crippen molar-refractivity contribution in [2.45, 2.75) is 38.7 Å². The number of aromatic nitrogens is 2. The van der Waals surface area contributed by atoms with Crippen molar-refractivity contribution < 1.29 is 23.1 Å². The summed E-state index contributed by atoms with van der Waals surface area (Å²) in [6.07, 6.45) is -3.85. The number of hydrogen-bond donors (Lipinski definition) is 1. The average Bonchev–Trinajstić information content (AvgIpc) is 2.97. The molecule has 0 bridgehead atoms. The van der Waals surface area contributed by atoms with Crippen molar-refractivity contribution in [1.29, 1.82) is 0 Å². The number of rotatable bonds is 4. The Morgan fingerprint density at radius 1 is 1.32 bits per heavy atom. The lowest BCUT2D eigenvalue weighted by atomic mass is 10.0. The lowest BCUT2D eigenvalue weighted by Crippen LogP contribution is -2.40. The molecule has 0 amide bonds. The zero-order valence-corrected chi connectivity index (χ0v) is 13.6. The van der Waals surface area contributed by atoms with E-state index in [-0.39, 0.29) is 11.7 Å². The van der Waals surface area contributed by atoms with Crippen molar-refractivity contribution in [1.82, 2.24) is 14.7 Å². The summed E-state index contributed by atoms with van der Waals surface area (Å²) >= 11 is 0. The fourth-order valence-electron chi connectivity index (χ4n) is 3.11. The molecule has 1 aromatic carbocycles. The van der Waals surface area contributed by atoms with Gasteiger partial charge in [0.15, 0.2) is 5.69 Å². The van der Waals surface area contributed by atoms with E-state index in [0.717, 1.165) is 11.8 Å². The standard InChI is InChI=1S/C17H18F3N3O2/c1-11(7-12-3-2-4-13(8-12)17(18,19)20)22-5-6-23-14(10-22)9-15(21-23)16(24)25/h2-4,8-9,11H,5-7,10H2,1H3,(H,24,25)/t11-/m0/s1. The molecule has 0 saturated heterocycles. The summed E-state index contributed by atoms with van der Waals surface area (Å²) in [5, 5.41) is 13.0. The largest absolute Gasteiger partial charge is 0.476 e. The lowest BCUT2D eigenvalue weighted by molar-refractivity contribution is -0.137. The molecule has 0 unspecified atom stereocenters. The first-order valence-corrected chi connectivity index (χ1v) is 7.94. The highest BCUT2D eigenvalue weighted by atomic mass is 19.4. The van der Waals surface area contributed by atoms with Crippen LogP contribution in [0, 0.1) is 0 Å². The molecule has 0 aliphatic carbocycles. The third kappa shape index (κ3) is 3.84. The fraction of sp³-hybridized carbons (Fsp3) is 0.412. The number of carbonyl (C=O) groups is 1. The molecule has 0 radical (unpaired) electrons. The van der Waals surface area contributed by atoms with Crippen LogP contribution in [0.1, 0.15) is 34.2 Å². The fourth-order valence-corrected chi connectivity index (χ4v) is 3.11. The molecule has 0 spiro atoms. The number of hydrogen-bond acceptors (Lipinski definition) is 3. The Hall–Kier alpha value is -2.35. The molecule has 1 N–H and O–H groups in total. The van der Waals surface area contributed by atoms with Gasteiger partial charge in [-0.15, -0.1) is 0 Å². The van der Waals surface area contributed by atoms with Gasteiger partial charge in [0.2, 0.25) is 0 Å². The second kappa shape index (κ2) is 6.51. The number of halogens is 3.